The summed E-state index contributed by atoms with van der Waals surface area (Å²) in [5.41, 5.74) is 1.77. The van der Waals surface area contributed by atoms with Gasteiger partial charge in [0.05, 0.1) is 5.56 Å². The van der Waals surface area contributed by atoms with Crippen molar-refractivity contribution in [3.63, 3.8) is 0 Å². The second-order valence-corrected chi connectivity index (χ2v) is 4.18. The Morgan fingerprint density at radius 3 is 3.00 bits per heavy atom. The maximum Gasteiger partial charge on any atom is 0.101 e. The Hall–Kier alpha value is -1.40. The molecule has 0 spiro atoms. The number of hydrogen-bond donors (Lipinski definition) is 0. The molecule has 3 nitrogen and oxygen atoms in total. The Balaban J connectivity index is 2.12. The summed E-state index contributed by atoms with van der Waals surface area (Å²) in [5, 5.41) is 8.68. The molecule has 1 aliphatic heterocycles. The van der Waals surface area contributed by atoms with E-state index in [0.717, 1.165) is 12.2 Å². The summed E-state index contributed by atoms with van der Waals surface area (Å²) in [4.78, 5) is 6.70. The topological polar surface area (TPSA) is 39.9 Å². The van der Waals surface area contributed by atoms with Crippen molar-refractivity contribution >= 4 is 0 Å². The van der Waals surface area contributed by atoms with Crippen molar-refractivity contribution in [1.29, 1.82) is 5.26 Å². The summed E-state index contributed by atoms with van der Waals surface area (Å²) in [6, 6.07) is 5.94. The van der Waals surface area contributed by atoms with E-state index in [-0.39, 0.29) is 0 Å². The fourth-order valence-electron chi connectivity index (χ4n) is 2.12. The minimum Gasteiger partial charge on any atom is -0.306 e. The lowest BCUT2D eigenvalue weighted by Crippen LogP contribution is -2.31. The molecule has 1 aromatic rings. The summed E-state index contributed by atoms with van der Waals surface area (Å²) in [7, 11) is 2.15. The van der Waals surface area contributed by atoms with Gasteiger partial charge in [-0.1, -0.05) is 0 Å². The van der Waals surface area contributed by atoms with Gasteiger partial charge in [0.2, 0.25) is 0 Å². The van der Waals surface area contributed by atoms with Crippen LogP contribution in [0.3, 0.4) is 0 Å². The first-order chi connectivity index (χ1) is 7.29. The number of piperidine rings is 1. The highest BCUT2D eigenvalue weighted by Crippen LogP contribution is 2.24. The maximum atomic E-state index is 8.68. The first-order valence-corrected chi connectivity index (χ1v) is 5.34. The lowest BCUT2D eigenvalue weighted by atomic mass is 9.94. The van der Waals surface area contributed by atoms with Crippen LogP contribution < -0.4 is 0 Å². The summed E-state index contributed by atoms with van der Waals surface area (Å²) in [6.45, 7) is 2.27. The van der Waals surface area contributed by atoms with Crippen LogP contribution in [0.1, 0.15) is 30.0 Å². The molecule has 0 amide bonds. The second-order valence-electron chi connectivity index (χ2n) is 4.18. The number of hydrogen-bond acceptors (Lipinski definition) is 3. The molecule has 15 heavy (non-hydrogen) atoms. The molecule has 1 unspecified atom stereocenters. The first kappa shape index (κ1) is 10.1. The first-order valence-electron chi connectivity index (χ1n) is 5.34. The monoisotopic (exact) mass is 201 g/mol. The molecule has 1 fully saturated rings. The molecule has 1 aromatic heterocycles. The number of likely N-dealkylation sites (tertiary alicyclic amines) is 1. The second kappa shape index (κ2) is 4.41. The third kappa shape index (κ3) is 2.34. The smallest absolute Gasteiger partial charge is 0.101 e. The van der Waals surface area contributed by atoms with Gasteiger partial charge in [-0.15, -0.1) is 0 Å². The molecule has 0 bridgehead atoms. The quantitative estimate of drug-likeness (QED) is 0.695. The van der Waals surface area contributed by atoms with Crippen LogP contribution >= 0.6 is 0 Å². The summed E-state index contributed by atoms with van der Waals surface area (Å²) >= 11 is 0. The van der Waals surface area contributed by atoms with E-state index in [2.05, 4.69) is 23.0 Å². The highest BCUT2D eigenvalue weighted by atomic mass is 15.1. The van der Waals surface area contributed by atoms with Gasteiger partial charge in [0.1, 0.15) is 6.07 Å². The Labute approximate surface area is 90.4 Å². The average molecular weight is 201 g/mol. The van der Waals surface area contributed by atoms with E-state index in [1.165, 1.54) is 19.4 Å². The Bertz CT molecular complexity index is 363. The van der Waals surface area contributed by atoms with Crippen LogP contribution in [0.25, 0.3) is 0 Å². The number of nitrogens with zero attached hydrogens (tertiary/aromatic N) is 3. The molecule has 3 heteroatoms. The molecule has 1 saturated heterocycles. The third-order valence-corrected chi connectivity index (χ3v) is 2.96. The molecule has 1 aliphatic rings. The van der Waals surface area contributed by atoms with Gasteiger partial charge in [-0.2, -0.15) is 5.26 Å². The van der Waals surface area contributed by atoms with Crippen LogP contribution in [0.4, 0.5) is 0 Å². The molecular formula is C12H15N3. The van der Waals surface area contributed by atoms with E-state index in [9.17, 15) is 0 Å². The van der Waals surface area contributed by atoms with E-state index in [1.807, 2.05) is 12.1 Å². The van der Waals surface area contributed by atoms with Gasteiger partial charge >= 0.3 is 0 Å². The van der Waals surface area contributed by atoms with Gasteiger partial charge in [-0.05, 0) is 38.6 Å². The van der Waals surface area contributed by atoms with Crippen LogP contribution in [0.15, 0.2) is 18.3 Å². The zero-order chi connectivity index (χ0) is 10.7. The molecule has 0 aromatic carbocycles. The van der Waals surface area contributed by atoms with Gasteiger partial charge in [0.25, 0.3) is 0 Å². The standard InChI is InChI=1S/C12H15N3/c1-15-6-2-3-11(9-15)12-5-4-10(7-13)8-14-12/h4-5,8,11H,2-3,6,9H2,1H3. The van der Waals surface area contributed by atoms with E-state index in [1.54, 1.807) is 6.20 Å². The van der Waals surface area contributed by atoms with Crippen LogP contribution in [-0.2, 0) is 0 Å². The van der Waals surface area contributed by atoms with Crippen molar-refractivity contribution < 1.29 is 0 Å². The zero-order valence-electron chi connectivity index (χ0n) is 8.98. The predicted octanol–water partition coefficient (Wildman–Crippen LogP) is 1.76. The van der Waals surface area contributed by atoms with Crippen molar-refractivity contribution in [1.82, 2.24) is 9.88 Å². The normalized spacial score (nSPS) is 22.3. The summed E-state index contributed by atoms with van der Waals surface area (Å²) in [6.07, 6.45) is 4.12. The zero-order valence-corrected chi connectivity index (χ0v) is 8.98. The number of likely N-dealkylation sites (N-methyl/N-ethyl adjacent to an activating group) is 1. The van der Waals surface area contributed by atoms with E-state index in [4.69, 9.17) is 5.26 Å². The van der Waals surface area contributed by atoms with Gasteiger partial charge in [0, 0.05) is 24.4 Å². The molecule has 0 radical (unpaired) electrons. The van der Waals surface area contributed by atoms with E-state index >= 15 is 0 Å². The van der Waals surface area contributed by atoms with Crippen molar-refractivity contribution in [3.8, 4) is 6.07 Å². The van der Waals surface area contributed by atoms with Gasteiger partial charge in [-0.3, -0.25) is 4.98 Å². The molecule has 0 N–H and O–H groups in total. The molecular weight excluding hydrogens is 186 g/mol. The highest BCUT2D eigenvalue weighted by molar-refractivity contribution is 5.27. The van der Waals surface area contributed by atoms with Gasteiger partial charge in [0.15, 0.2) is 0 Å². The number of nitriles is 1. The van der Waals surface area contributed by atoms with Crippen molar-refractivity contribution in [2.24, 2.45) is 0 Å². The molecule has 1 atom stereocenters. The minimum absolute atomic E-state index is 0.538. The van der Waals surface area contributed by atoms with Crippen molar-refractivity contribution in [3.05, 3.63) is 29.6 Å². The molecule has 2 rings (SSSR count). The average Bonchev–Trinajstić information content (AvgIpc) is 2.29. The van der Waals surface area contributed by atoms with Crippen LogP contribution in [0.5, 0.6) is 0 Å². The van der Waals surface area contributed by atoms with Crippen LogP contribution in [-0.4, -0.2) is 30.0 Å². The number of aromatic nitrogens is 1. The highest BCUT2D eigenvalue weighted by Gasteiger charge is 2.19. The Morgan fingerprint density at radius 1 is 1.53 bits per heavy atom. The number of rotatable bonds is 1. The van der Waals surface area contributed by atoms with Crippen LogP contribution in [0.2, 0.25) is 0 Å². The van der Waals surface area contributed by atoms with E-state index < -0.39 is 0 Å². The minimum atomic E-state index is 0.538. The van der Waals surface area contributed by atoms with Gasteiger partial charge < -0.3 is 4.90 Å². The summed E-state index contributed by atoms with van der Waals surface area (Å²) < 4.78 is 0. The molecule has 0 saturated carbocycles. The van der Waals surface area contributed by atoms with Crippen molar-refractivity contribution in [2.45, 2.75) is 18.8 Å². The number of pyridine rings is 1. The lowest BCUT2D eigenvalue weighted by molar-refractivity contribution is 0.248. The summed E-state index contributed by atoms with van der Waals surface area (Å²) in [5.74, 6) is 0.538. The Kier molecular flexibility index (Phi) is 2.98. The maximum absolute atomic E-state index is 8.68. The lowest BCUT2D eigenvalue weighted by Gasteiger charge is -2.29. The van der Waals surface area contributed by atoms with Crippen LogP contribution in [0, 0.1) is 11.3 Å². The third-order valence-electron chi connectivity index (χ3n) is 2.96. The molecule has 2 heterocycles. The van der Waals surface area contributed by atoms with Crippen molar-refractivity contribution in [2.75, 3.05) is 20.1 Å². The molecule has 0 aliphatic carbocycles. The molecule has 78 valence electrons. The fraction of sp³-hybridized carbons (Fsp3) is 0.500. The largest absolute Gasteiger partial charge is 0.306 e. The van der Waals surface area contributed by atoms with Gasteiger partial charge in [-0.25, -0.2) is 0 Å². The SMILES string of the molecule is CN1CCCC(c2ccc(C#N)cn2)C1. The Morgan fingerprint density at radius 2 is 2.40 bits per heavy atom. The van der Waals surface area contributed by atoms with E-state index in [0.29, 0.717) is 11.5 Å². The predicted molar refractivity (Wildman–Crippen MR) is 58.4 cm³/mol. The fourth-order valence-corrected chi connectivity index (χ4v) is 2.12.